The number of nitrogens with zero attached hydrogens (tertiary/aromatic N) is 2. The molecule has 2 saturated heterocycles. The third-order valence-electron chi connectivity index (χ3n) is 5.09. The number of methoxy groups -OCH3 is 1. The Labute approximate surface area is 184 Å². The number of benzene rings is 2. The number of carbonyl (C=O) groups excluding carboxylic acids is 2. The van der Waals surface area contributed by atoms with Crippen LogP contribution in [0.25, 0.3) is 6.08 Å². The summed E-state index contributed by atoms with van der Waals surface area (Å²) in [7, 11) is 1.52. The zero-order valence-corrected chi connectivity index (χ0v) is 17.6. The predicted molar refractivity (Wildman–Crippen MR) is 119 cm³/mol. The van der Waals surface area contributed by atoms with Crippen LogP contribution in [0, 0.1) is 5.82 Å². The van der Waals surface area contributed by atoms with Gasteiger partial charge in [0, 0.05) is 30.4 Å². The van der Waals surface area contributed by atoms with Gasteiger partial charge in [0.25, 0.3) is 11.8 Å². The van der Waals surface area contributed by atoms with Crippen molar-refractivity contribution in [2.24, 2.45) is 0 Å². The molecule has 2 aliphatic heterocycles. The lowest BCUT2D eigenvalue weighted by atomic mass is 10.1. The molecule has 0 bridgehead atoms. The lowest BCUT2D eigenvalue weighted by Gasteiger charge is -2.30. The standard InChI is InChI=1S/C22H20FN3O4S/c1-29-19-13-15(25-8-10-30-11-9-25)7-6-14(19)12-16-20(27)24-22(31)26(21(16)28)18-5-3-2-4-17(18)23/h2-7,12-13H,8-11H2,1H3,(H,24,27,31)/b16-12+. The molecule has 2 amide bonds. The van der Waals surface area contributed by atoms with Gasteiger partial charge in [0.15, 0.2) is 5.11 Å². The minimum Gasteiger partial charge on any atom is -0.496 e. The van der Waals surface area contributed by atoms with Crippen LogP contribution in [0.15, 0.2) is 48.0 Å². The van der Waals surface area contributed by atoms with Crippen molar-refractivity contribution in [2.45, 2.75) is 0 Å². The lowest BCUT2D eigenvalue weighted by Crippen LogP contribution is -2.54. The van der Waals surface area contributed by atoms with E-state index in [0.29, 0.717) is 24.5 Å². The zero-order valence-electron chi connectivity index (χ0n) is 16.8. The number of carbonyl (C=O) groups is 2. The average molecular weight is 441 g/mol. The molecular weight excluding hydrogens is 421 g/mol. The molecule has 0 radical (unpaired) electrons. The molecule has 31 heavy (non-hydrogen) atoms. The fourth-order valence-electron chi connectivity index (χ4n) is 3.50. The minimum atomic E-state index is -0.710. The van der Waals surface area contributed by atoms with Crippen molar-refractivity contribution in [1.29, 1.82) is 0 Å². The highest BCUT2D eigenvalue weighted by molar-refractivity contribution is 7.80. The maximum Gasteiger partial charge on any atom is 0.270 e. The Balaban J connectivity index is 1.69. The molecule has 0 saturated carbocycles. The van der Waals surface area contributed by atoms with Gasteiger partial charge in [-0.15, -0.1) is 0 Å². The van der Waals surface area contributed by atoms with Crippen molar-refractivity contribution < 1.29 is 23.5 Å². The van der Waals surface area contributed by atoms with Gasteiger partial charge in [-0.1, -0.05) is 12.1 Å². The number of halogens is 1. The Kier molecular flexibility index (Phi) is 5.97. The van der Waals surface area contributed by atoms with Crippen LogP contribution in [-0.2, 0) is 14.3 Å². The molecule has 0 atom stereocenters. The second-order valence-electron chi connectivity index (χ2n) is 6.93. The Hall–Kier alpha value is -3.30. The first-order valence-electron chi connectivity index (χ1n) is 9.66. The van der Waals surface area contributed by atoms with E-state index in [9.17, 15) is 14.0 Å². The maximum atomic E-state index is 14.3. The molecule has 2 heterocycles. The average Bonchev–Trinajstić information content (AvgIpc) is 2.78. The molecule has 1 N–H and O–H groups in total. The molecule has 9 heteroatoms. The number of para-hydroxylation sites is 1. The first kappa shape index (κ1) is 21.0. The number of hydrogen-bond donors (Lipinski definition) is 1. The van der Waals surface area contributed by atoms with E-state index in [0.717, 1.165) is 23.7 Å². The molecule has 4 rings (SSSR count). The molecule has 160 valence electrons. The van der Waals surface area contributed by atoms with Gasteiger partial charge in [-0.3, -0.25) is 14.9 Å². The van der Waals surface area contributed by atoms with Gasteiger partial charge in [-0.25, -0.2) is 9.29 Å². The summed E-state index contributed by atoms with van der Waals surface area (Å²) in [6.07, 6.45) is 1.43. The van der Waals surface area contributed by atoms with E-state index in [1.165, 1.54) is 31.4 Å². The molecule has 0 aliphatic carbocycles. The summed E-state index contributed by atoms with van der Waals surface area (Å²) in [5.74, 6) is -1.48. The van der Waals surface area contributed by atoms with Crippen LogP contribution in [0.2, 0.25) is 0 Å². The van der Waals surface area contributed by atoms with Gasteiger partial charge in [0.2, 0.25) is 0 Å². The van der Waals surface area contributed by atoms with Crippen LogP contribution in [0.5, 0.6) is 5.75 Å². The number of morpholine rings is 1. The summed E-state index contributed by atoms with van der Waals surface area (Å²) >= 11 is 5.12. The fourth-order valence-corrected chi connectivity index (χ4v) is 3.78. The van der Waals surface area contributed by atoms with Crippen molar-refractivity contribution >= 4 is 46.6 Å². The molecule has 2 aromatic carbocycles. The number of nitrogens with one attached hydrogen (secondary N) is 1. The molecular formula is C22H20FN3O4S. The molecule has 0 aromatic heterocycles. The molecule has 7 nitrogen and oxygen atoms in total. The van der Waals surface area contributed by atoms with E-state index in [-0.39, 0.29) is 16.4 Å². The lowest BCUT2D eigenvalue weighted by molar-refractivity contribution is -0.122. The molecule has 2 aliphatic rings. The molecule has 0 unspecified atom stereocenters. The van der Waals surface area contributed by atoms with Gasteiger partial charge in [0.05, 0.1) is 26.0 Å². The monoisotopic (exact) mass is 441 g/mol. The van der Waals surface area contributed by atoms with Gasteiger partial charge in [-0.2, -0.15) is 0 Å². The van der Waals surface area contributed by atoms with E-state index >= 15 is 0 Å². The number of anilines is 2. The highest BCUT2D eigenvalue weighted by Crippen LogP contribution is 2.30. The normalized spacial score (nSPS) is 18.4. The van der Waals surface area contributed by atoms with Crippen molar-refractivity contribution in [3.8, 4) is 5.75 Å². The molecule has 2 aromatic rings. The van der Waals surface area contributed by atoms with E-state index in [1.807, 2.05) is 12.1 Å². The van der Waals surface area contributed by atoms with Crippen LogP contribution < -0.4 is 19.9 Å². The van der Waals surface area contributed by atoms with Crippen molar-refractivity contribution in [3.63, 3.8) is 0 Å². The molecule has 2 fully saturated rings. The minimum absolute atomic E-state index is 0.0296. The summed E-state index contributed by atoms with van der Waals surface area (Å²) in [5.41, 5.74) is 1.29. The third kappa shape index (κ3) is 4.14. The topological polar surface area (TPSA) is 71.1 Å². The van der Waals surface area contributed by atoms with Gasteiger partial charge < -0.3 is 14.4 Å². The van der Waals surface area contributed by atoms with Crippen molar-refractivity contribution in [3.05, 3.63) is 59.4 Å². The van der Waals surface area contributed by atoms with Crippen molar-refractivity contribution in [1.82, 2.24) is 5.32 Å². The second-order valence-corrected chi connectivity index (χ2v) is 7.32. The van der Waals surface area contributed by atoms with Gasteiger partial charge >= 0.3 is 0 Å². The number of ether oxygens (including phenoxy) is 2. The number of amides is 2. The summed E-state index contributed by atoms with van der Waals surface area (Å²) in [6.45, 7) is 2.82. The Bertz CT molecular complexity index is 1080. The Morgan fingerprint density at radius 2 is 1.90 bits per heavy atom. The smallest absolute Gasteiger partial charge is 0.270 e. The highest BCUT2D eigenvalue weighted by atomic mass is 32.1. The summed E-state index contributed by atoms with van der Waals surface area (Å²) in [5, 5.41) is 2.28. The fraction of sp³-hybridized carbons (Fsp3) is 0.227. The van der Waals surface area contributed by atoms with Crippen LogP contribution in [0.4, 0.5) is 15.8 Å². The quantitative estimate of drug-likeness (QED) is 0.447. The Morgan fingerprint density at radius 1 is 1.16 bits per heavy atom. The van der Waals surface area contributed by atoms with E-state index in [4.69, 9.17) is 21.7 Å². The SMILES string of the molecule is COc1cc(N2CCOCC2)ccc1/C=C1\C(=O)NC(=S)N(c2ccccc2F)C1=O. The number of hydrogen-bond acceptors (Lipinski definition) is 6. The van der Waals surface area contributed by atoms with E-state index in [1.54, 1.807) is 12.1 Å². The van der Waals surface area contributed by atoms with Crippen LogP contribution in [0.1, 0.15) is 5.56 Å². The van der Waals surface area contributed by atoms with Crippen LogP contribution >= 0.6 is 12.2 Å². The highest BCUT2D eigenvalue weighted by Gasteiger charge is 2.35. The number of thiocarbonyl (C=S) groups is 1. The Morgan fingerprint density at radius 3 is 2.61 bits per heavy atom. The summed E-state index contributed by atoms with van der Waals surface area (Å²) in [4.78, 5) is 28.8. The van der Waals surface area contributed by atoms with Gasteiger partial charge in [-0.05, 0) is 42.6 Å². The van der Waals surface area contributed by atoms with Crippen LogP contribution in [-0.4, -0.2) is 50.3 Å². The zero-order chi connectivity index (χ0) is 22.0. The third-order valence-corrected chi connectivity index (χ3v) is 5.37. The summed E-state index contributed by atoms with van der Waals surface area (Å²) in [6, 6.07) is 11.3. The van der Waals surface area contributed by atoms with Crippen molar-refractivity contribution in [2.75, 3.05) is 43.2 Å². The predicted octanol–water partition coefficient (Wildman–Crippen LogP) is 2.50. The van der Waals surface area contributed by atoms with Gasteiger partial charge in [0.1, 0.15) is 17.1 Å². The second kappa shape index (κ2) is 8.83. The number of rotatable bonds is 4. The first-order valence-corrected chi connectivity index (χ1v) is 10.1. The molecule has 0 spiro atoms. The van der Waals surface area contributed by atoms with E-state index in [2.05, 4.69) is 10.2 Å². The maximum absolute atomic E-state index is 14.3. The van der Waals surface area contributed by atoms with Crippen LogP contribution in [0.3, 0.4) is 0 Å². The largest absolute Gasteiger partial charge is 0.496 e. The first-order chi connectivity index (χ1) is 15.0. The summed E-state index contributed by atoms with van der Waals surface area (Å²) < 4.78 is 25.2. The van der Waals surface area contributed by atoms with E-state index < -0.39 is 17.6 Å².